The van der Waals surface area contributed by atoms with E-state index in [0.29, 0.717) is 29.2 Å². The maximum absolute atomic E-state index is 15.3. The number of fused-ring (bicyclic) bond motifs is 2. The quantitative estimate of drug-likeness (QED) is 0.439. The minimum Gasteiger partial charge on any atom is -0.493 e. The molecule has 10 heteroatoms. The van der Waals surface area contributed by atoms with Gasteiger partial charge in [-0.05, 0) is 37.9 Å². The molecule has 0 aromatic carbocycles. The van der Waals surface area contributed by atoms with Gasteiger partial charge < -0.3 is 14.6 Å². The van der Waals surface area contributed by atoms with Gasteiger partial charge in [0.1, 0.15) is 12.1 Å². The smallest absolute Gasteiger partial charge is 0.236 e. The SMILES string of the molecule is COc1cc(-c2[nH]c3cc(F)c(C4CCN(CC(=O)N(C)C)CC4)nc3c2C(C)C)cn2ncnc12. The third kappa shape index (κ3) is 4.30. The highest BCUT2D eigenvalue weighted by atomic mass is 19.1. The molecule has 190 valence electrons. The standard InChI is InChI=1S/C26H32FN7O2/c1-15(2)22-24(17-10-20(36-5)26-28-14-29-34(26)12-17)30-19-11-18(27)23(31-25(19)22)16-6-8-33(9-7-16)13-21(35)32(3)4/h10-12,14-16,30H,6-9,13H2,1-5H3. The van der Waals surface area contributed by atoms with Crippen molar-refractivity contribution in [3.63, 3.8) is 0 Å². The molecule has 1 aliphatic heterocycles. The fourth-order valence-corrected chi connectivity index (χ4v) is 5.08. The summed E-state index contributed by atoms with van der Waals surface area (Å²) in [6.45, 7) is 6.12. The summed E-state index contributed by atoms with van der Waals surface area (Å²) in [5.41, 5.74) is 5.37. The van der Waals surface area contributed by atoms with Crippen LogP contribution in [0.4, 0.5) is 4.39 Å². The molecule has 36 heavy (non-hydrogen) atoms. The average molecular weight is 494 g/mol. The van der Waals surface area contributed by atoms with E-state index in [4.69, 9.17) is 9.72 Å². The molecule has 0 spiro atoms. The van der Waals surface area contributed by atoms with Crippen LogP contribution in [0.2, 0.25) is 0 Å². The van der Waals surface area contributed by atoms with Gasteiger partial charge in [-0.2, -0.15) is 5.10 Å². The number of likely N-dealkylation sites (N-methyl/N-ethyl adjacent to an activating group) is 1. The number of H-pyrrole nitrogens is 1. The Morgan fingerprint density at radius 1 is 1.28 bits per heavy atom. The van der Waals surface area contributed by atoms with Gasteiger partial charge in [0.05, 0.1) is 36.1 Å². The molecular formula is C26H32FN7O2. The Labute approximate surface area is 209 Å². The van der Waals surface area contributed by atoms with Crippen molar-refractivity contribution in [2.75, 3.05) is 40.8 Å². The maximum Gasteiger partial charge on any atom is 0.236 e. The lowest BCUT2D eigenvalue weighted by Crippen LogP contribution is -2.40. The van der Waals surface area contributed by atoms with E-state index in [1.807, 2.05) is 12.3 Å². The predicted molar refractivity (Wildman–Crippen MR) is 136 cm³/mol. The minimum absolute atomic E-state index is 0.0186. The highest BCUT2D eigenvalue weighted by Crippen LogP contribution is 2.38. The number of hydrogen-bond acceptors (Lipinski definition) is 6. The number of nitrogens with one attached hydrogen (secondary N) is 1. The van der Waals surface area contributed by atoms with Gasteiger partial charge in [0.15, 0.2) is 11.4 Å². The molecule has 1 aliphatic rings. The van der Waals surface area contributed by atoms with Crippen molar-refractivity contribution in [1.29, 1.82) is 0 Å². The lowest BCUT2D eigenvalue weighted by atomic mass is 9.92. The molecule has 0 saturated carbocycles. The van der Waals surface area contributed by atoms with Gasteiger partial charge >= 0.3 is 0 Å². The number of halogens is 1. The molecule has 4 aromatic rings. The Hall–Kier alpha value is -3.53. The first-order valence-electron chi connectivity index (χ1n) is 12.3. The summed E-state index contributed by atoms with van der Waals surface area (Å²) >= 11 is 0. The molecule has 9 nitrogen and oxygen atoms in total. The molecule has 0 bridgehead atoms. The number of nitrogens with zero attached hydrogens (tertiary/aromatic N) is 6. The Balaban J connectivity index is 1.51. The van der Waals surface area contributed by atoms with Crippen molar-refractivity contribution < 1.29 is 13.9 Å². The van der Waals surface area contributed by atoms with Gasteiger partial charge in [-0.15, -0.1) is 0 Å². The van der Waals surface area contributed by atoms with Crippen LogP contribution in [0.5, 0.6) is 5.75 Å². The molecule has 0 radical (unpaired) electrons. The first kappa shape index (κ1) is 24.2. The van der Waals surface area contributed by atoms with Gasteiger partial charge in [-0.3, -0.25) is 9.69 Å². The molecule has 0 unspecified atom stereocenters. The minimum atomic E-state index is -0.294. The van der Waals surface area contributed by atoms with Crippen LogP contribution in [0.1, 0.15) is 49.8 Å². The summed E-state index contributed by atoms with van der Waals surface area (Å²) in [4.78, 5) is 28.4. The van der Waals surface area contributed by atoms with Crippen LogP contribution in [0, 0.1) is 5.82 Å². The van der Waals surface area contributed by atoms with E-state index in [2.05, 4.69) is 33.8 Å². The zero-order valence-electron chi connectivity index (χ0n) is 21.4. The summed E-state index contributed by atoms with van der Waals surface area (Å²) in [5.74, 6) is 0.567. The van der Waals surface area contributed by atoms with E-state index >= 15 is 4.39 Å². The van der Waals surface area contributed by atoms with Crippen molar-refractivity contribution >= 4 is 22.6 Å². The van der Waals surface area contributed by atoms with E-state index < -0.39 is 0 Å². The predicted octanol–water partition coefficient (Wildman–Crippen LogP) is 3.81. The van der Waals surface area contributed by atoms with Crippen molar-refractivity contribution in [3.05, 3.63) is 41.7 Å². The fraction of sp³-hybridized carbons (Fsp3) is 0.462. The summed E-state index contributed by atoms with van der Waals surface area (Å²) in [6.07, 6.45) is 4.92. The number of aromatic amines is 1. The number of carbonyl (C=O) groups excluding carboxylic acids is 1. The number of likely N-dealkylation sites (tertiary alicyclic amines) is 1. The molecule has 1 fully saturated rings. The summed E-state index contributed by atoms with van der Waals surface area (Å²) < 4.78 is 22.6. The van der Waals surface area contributed by atoms with Crippen LogP contribution in [-0.4, -0.2) is 81.1 Å². The third-order valence-corrected chi connectivity index (χ3v) is 7.05. The number of piperidine rings is 1. The molecule has 0 atom stereocenters. The van der Waals surface area contributed by atoms with E-state index in [0.717, 1.165) is 48.3 Å². The number of hydrogen-bond donors (Lipinski definition) is 1. The highest BCUT2D eigenvalue weighted by molar-refractivity contribution is 5.89. The lowest BCUT2D eigenvalue weighted by Gasteiger charge is -2.32. The number of methoxy groups -OCH3 is 1. The first-order chi connectivity index (χ1) is 17.3. The molecule has 1 saturated heterocycles. The van der Waals surface area contributed by atoms with E-state index in [9.17, 15) is 4.79 Å². The van der Waals surface area contributed by atoms with Crippen LogP contribution >= 0.6 is 0 Å². The second-order valence-electron chi connectivity index (χ2n) is 9.98. The molecule has 1 N–H and O–H groups in total. The molecular weight excluding hydrogens is 461 g/mol. The van der Waals surface area contributed by atoms with Crippen LogP contribution in [0.25, 0.3) is 27.9 Å². The van der Waals surface area contributed by atoms with Crippen LogP contribution in [0.3, 0.4) is 0 Å². The maximum atomic E-state index is 15.3. The summed E-state index contributed by atoms with van der Waals surface area (Å²) in [5, 5.41) is 4.27. The first-order valence-corrected chi connectivity index (χ1v) is 12.3. The topological polar surface area (TPSA) is 91.7 Å². The highest BCUT2D eigenvalue weighted by Gasteiger charge is 2.28. The van der Waals surface area contributed by atoms with Gasteiger partial charge in [0, 0.05) is 43.4 Å². The number of aromatic nitrogens is 5. The van der Waals surface area contributed by atoms with Gasteiger partial charge in [-0.1, -0.05) is 13.8 Å². The molecule has 0 aliphatic carbocycles. The molecule has 1 amide bonds. The zero-order valence-corrected chi connectivity index (χ0v) is 21.4. The van der Waals surface area contributed by atoms with Crippen molar-refractivity contribution in [3.8, 4) is 17.0 Å². The summed E-state index contributed by atoms with van der Waals surface area (Å²) in [6, 6.07) is 3.49. The lowest BCUT2D eigenvalue weighted by molar-refractivity contribution is -0.130. The van der Waals surface area contributed by atoms with Gasteiger partial charge in [0.2, 0.25) is 5.91 Å². The Morgan fingerprint density at radius 2 is 2.03 bits per heavy atom. The van der Waals surface area contributed by atoms with Gasteiger partial charge in [-0.25, -0.2) is 18.9 Å². The van der Waals surface area contributed by atoms with E-state index in [1.54, 1.807) is 36.7 Å². The average Bonchev–Trinajstić information content (AvgIpc) is 3.47. The van der Waals surface area contributed by atoms with Crippen LogP contribution in [0.15, 0.2) is 24.7 Å². The monoisotopic (exact) mass is 493 g/mol. The van der Waals surface area contributed by atoms with Crippen molar-refractivity contribution in [2.45, 2.75) is 38.5 Å². The zero-order chi connectivity index (χ0) is 25.6. The summed E-state index contributed by atoms with van der Waals surface area (Å²) in [7, 11) is 5.13. The van der Waals surface area contributed by atoms with Crippen LogP contribution in [-0.2, 0) is 4.79 Å². The Bertz CT molecular complexity index is 1420. The fourth-order valence-electron chi connectivity index (χ4n) is 5.08. The van der Waals surface area contributed by atoms with Crippen LogP contribution < -0.4 is 4.74 Å². The normalized spacial score (nSPS) is 15.3. The number of pyridine rings is 2. The molecule has 5 heterocycles. The number of ether oxygens (including phenoxy) is 1. The largest absolute Gasteiger partial charge is 0.493 e. The number of amides is 1. The molecule has 5 rings (SSSR count). The molecule has 4 aromatic heterocycles. The Morgan fingerprint density at radius 3 is 2.69 bits per heavy atom. The van der Waals surface area contributed by atoms with E-state index in [-0.39, 0.29) is 23.6 Å². The number of carbonyl (C=O) groups is 1. The second kappa shape index (κ2) is 9.50. The third-order valence-electron chi connectivity index (χ3n) is 7.05. The Kier molecular flexibility index (Phi) is 6.38. The van der Waals surface area contributed by atoms with Crippen molar-refractivity contribution in [1.82, 2.24) is 34.4 Å². The number of rotatable bonds is 6. The second-order valence-corrected chi connectivity index (χ2v) is 9.98. The van der Waals surface area contributed by atoms with Gasteiger partial charge in [0.25, 0.3) is 0 Å². The van der Waals surface area contributed by atoms with E-state index in [1.165, 1.54) is 6.33 Å². The van der Waals surface area contributed by atoms with Crippen molar-refractivity contribution in [2.24, 2.45) is 0 Å².